The third kappa shape index (κ3) is 3.19. The van der Waals surface area contributed by atoms with Crippen LogP contribution in [-0.2, 0) is 13.0 Å². The number of nitrogens with two attached hydrogens (primary N) is 1. The van der Waals surface area contributed by atoms with Crippen LogP contribution in [-0.4, -0.2) is 16.3 Å². The second-order valence-electron chi connectivity index (χ2n) is 7.14. The molecule has 1 aromatic heterocycles. The quantitative estimate of drug-likeness (QED) is 0.906. The zero-order valence-electron chi connectivity index (χ0n) is 13.0. The molecule has 1 heterocycles. The molecule has 0 bridgehead atoms. The van der Waals surface area contributed by atoms with Gasteiger partial charge in [0.15, 0.2) is 0 Å². The molecule has 2 N–H and O–H groups in total. The molecule has 19 heavy (non-hydrogen) atoms. The maximum atomic E-state index is 6.14. The van der Waals surface area contributed by atoms with Crippen LogP contribution in [0.5, 0.6) is 0 Å². The molecular formula is C16H29N3. The molecule has 1 aromatic rings. The van der Waals surface area contributed by atoms with Gasteiger partial charge < -0.3 is 5.73 Å². The van der Waals surface area contributed by atoms with Gasteiger partial charge in [-0.2, -0.15) is 5.10 Å². The second kappa shape index (κ2) is 5.28. The minimum absolute atomic E-state index is 0.301. The highest BCUT2D eigenvalue weighted by molar-refractivity contribution is 5.12. The van der Waals surface area contributed by atoms with Crippen LogP contribution in [0.3, 0.4) is 0 Å². The van der Waals surface area contributed by atoms with Crippen molar-refractivity contribution in [1.29, 1.82) is 0 Å². The molecule has 2 rings (SSSR count). The first-order valence-electron chi connectivity index (χ1n) is 7.63. The topological polar surface area (TPSA) is 43.8 Å². The van der Waals surface area contributed by atoms with Gasteiger partial charge in [0.2, 0.25) is 0 Å². The molecule has 0 spiro atoms. The number of rotatable bonds is 4. The van der Waals surface area contributed by atoms with E-state index in [1.807, 2.05) is 0 Å². The maximum absolute atomic E-state index is 6.14. The summed E-state index contributed by atoms with van der Waals surface area (Å²) in [5, 5.41) is 4.56. The van der Waals surface area contributed by atoms with Crippen LogP contribution in [0.4, 0.5) is 0 Å². The Morgan fingerprint density at radius 1 is 1.26 bits per heavy atom. The molecular weight excluding hydrogens is 234 g/mol. The van der Waals surface area contributed by atoms with Crippen LogP contribution in [0.1, 0.15) is 57.8 Å². The number of nitrogens with zero attached hydrogens (tertiary/aromatic N) is 2. The summed E-state index contributed by atoms with van der Waals surface area (Å²) >= 11 is 0. The summed E-state index contributed by atoms with van der Waals surface area (Å²) in [6.07, 6.45) is 6.19. The maximum Gasteiger partial charge on any atom is 0.0596 e. The van der Waals surface area contributed by atoms with Gasteiger partial charge in [0.05, 0.1) is 5.69 Å². The average Bonchev–Trinajstić information content (AvgIpc) is 2.72. The minimum Gasteiger partial charge on any atom is -0.330 e. The third-order valence-electron chi connectivity index (χ3n) is 4.94. The van der Waals surface area contributed by atoms with E-state index in [-0.39, 0.29) is 0 Å². The van der Waals surface area contributed by atoms with E-state index in [9.17, 15) is 0 Å². The molecule has 3 heteroatoms. The fourth-order valence-electron chi connectivity index (χ4n) is 3.31. The molecule has 1 aliphatic rings. The molecule has 0 atom stereocenters. The second-order valence-corrected chi connectivity index (χ2v) is 7.14. The van der Waals surface area contributed by atoms with E-state index in [1.54, 1.807) is 0 Å². The Labute approximate surface area is 117 Å². The van der Waals surface area contributed by atoms with Gasteiger partial charge in [-0.25, -0.2) is 0 Å². The number of hydrogen-bond donors (Lipinski definition) is 1. The zero-order valence-corrected chi connectivity index (χ0v) is 13.0. The predicted octanol–water partition coefficient (Wildman–Crippen LogP) is 3.30. The molecule has 1 fully saturated rings. The fourth-order valence-corrected chi connectivity index (χ4v) is 3.31. The Bertz CT molecular complexity index is 421. The van der Waals surface area contributed by atoms with E-state index in [4.69, 9.17) is 5.73 Å². The van der Waals surface area contributed by atoms with Gasteiger partial charge in [0.25, 0.3) is 0 Å². The molecule has 1 saturated carbocycles. The molecule has 0 amide bonds. The van der Waals surface area contributed by atoms with Crippen LogP contribution in [0.15, 0.2) is 6.07 Å². The highest BCUT2D eigenvalue weighted by atomic mass is 15.3. The van der Waals surface area contributed by atoms with Gasteiger partial charge in [-0.15, -0.1) is 0 Å². The molecule has 108 valence electrons. The molecule has 1 aliphatic carbocycles. The summed E-state index contributed by atoms with van der Waals surface area (Å²) in [5.74, 6) is 0. The van der Waals surface area contributed by atoms with Crippen LogP contribution in [0.25, 0.3) is 0 Å². The SMILES string of the molecule is CCn1nc(C)cc1CC1(CN)CCC(C)(C)CC1. The summed E-state index contributed by atoms with van der Waals surface area (Å²) in [7, 11) is 0. The Morgan fingerprint density at radius 2 is 1.89 bits per heavy atom. The van der Waals surface area contributed by atoms with Crippen molar-refractivity contribution >= 4 is 0 Å². The van der Waals surface area contributed by atoms with Crippen LogP contribution in [0.2, 0.25) is 0 Å². The van der Waals surface area contributed by atoms with Crippen molar-refractivity contribution in [2.45, 2.75) is 66.3 Å². The largest absolute Gasteiger partial charge is 0.330 e. The summed E-state index contributed by atoms with van der Waals surface area (Å²) < 4.78 is 2.15. The van der Waals surface area contributed by atoms with Gasteiger partial charge in [0, 0.05) is 12.2 Å². The first kappa shape index (κ1) is 14.6. The van der Waals surface area contributed by atoms with Crippen LogP contribution >= 0.6 is 0 Å². The average molecular weight is 263 g/mol. The van der Waals surface area contributed by atoms with E-state index < -0.39 is 0 Å². The first-order chi connectivity index (χ1) is 8.90. The lowest BCUT2D eigenvalue weighted by atomic mass is 9.63. The fraction of sp³-hybridized carbons (Fsp3) is 0.812. The highest BCUT2D eigenvalue weighted by Gasteiger charge is 2.38. The van der Waals surface area contributed by atoms with Gasteiger partial charge >= 0.3 is 0 Å². The Kier molecular flexibility index (Phi) is 4.05. The van der Waals surface area contributed by atoms with Crippen molar-refractivity contribution in [3.05, 3.63) is 17.5 Å². The Morgan fingerprint density at radius 3 is 2.42 bits per heavy atom. The summed E-state index contributed by atoms with van der Waals surface area (Å²) in [6, 6.07) is 2.24. The number of aromatic nitrogens is 2. The minimum atomic E-state index is 0.301. The van der Waals surface area contributed by atoms with E-state index >= 15 is 0 Å². The van der Waals surface area contributed by atoms with Gasteiger partial charge in [-0.05, 0) is 69.4 Å². The van der Waals surface area contributed by atoms with Crippen LogP contribution in [0, 0.1) is 17.8 Å². The molecule has 0 radical (unpaired) electrons. The van der Waals surface area contributed by atoms with E-state index in [0.29, 0.717) is 10.8 Å². The normalized spacial score (nSPS) is 21.5. The van der Waals surface area contributed by atoms with Crippen molar-refractivity contribution in [2.24, 2.45) is 16.6 Å². The highest BCUT2D eigenvalue weighted by Crippen LogP contribution is 2.46. The van der Waals surface area contributed by atoms with Crippen molar-refractivity contribution in [3.63, 3.8) is 0 Å². The Balaban J connectivity index is 2.15. The summed E-state index contributed by atoms with van der Waals surface area (Å²) in [5.41, 5.74) is 9.43. The molecule has 3 nitrogen and oxygen atoms in total. The summed E-state index contributed by atoms with van der Waals surface area (Å²) in [4.78, 5) is 0. The van der Waals surface area contributed by atoms with Crippen molar-refractivity contribution in [3.8, 4) is 0 Å². The van der Waals surface area contributed by atoms with Gasteiger partial charge in [-0.1, -0.05) is 13.8 Å². The van der Waals surface area contributed by atoms with E-state index in [1.165, 1.54) is 31.4 Å². The van der Waals surface area contributed by atoms with E-state index in [2.05, 4.69) is 43.5 Å². The van der Waals surface area contributed by atoms with Crippen molar-refractivity contribution < 1.29 is 0 Å². The van der Waals surface area contributed by atoms with E-state index in [0.717, 1.165) is 25.2 Å². The molecule has 0 aliphatic heterocycles. The number of aryl methyl sites for hydroxylation is 2. The van der Waals surface area contributed by atoms with Gasteiger partial charge in [-0.3, -0.25) is 4.68 Å². The Hall–Kier alpha value is -0.830. The number of hydrogen-bond acceptors (Lipinski definition) is 2. The summed E-state index contributed by atoms with van der Waals surface area (Å²) in [6.45, 7) is 10.8. The molecule has 0 saturated heterocycles. The van der Waals surface area contributed by atoms with Crippen LogP contribution < -0.4 is 5.73 Å². The smallest absolute Gasteiger partial charge is 0.0596 e. The van der Waals surface area contributed by atoms with Gasteiger partial charge in [0.1, 0.15) is 0 Å². The monoisotopic (exact) mass is 263 g/mol. The van der Waals surface area contributed by atoms with Crippen molar-refractivity contribution in [2.75, 3.05) is 6.54 Å². The first-order valence-corrected chi connectivity index (χ1v) is 7.63. The third-order valence-corrected chi connectivity index (χ3v) is 4.94. The molecule has 0 unspecified atom stereocenters. The van der Waals surface area contributed by atoms with Crippen molar-refractivity contribution in [1.82, 2.24) is 9.78 Å². The lowest BCUT2D eigenvalue weighted by molar-refractivity contribution is 0.106. The lowest BCUT2D eigenvalue weighted by Gasteiger charge is -2.43. The standard InChI is InChI=1S/C16H29N3/c1-5-19-14(10-13(2)18-19)11-16(12-17)8-6-15(3,4)7-9-16/h10H,5-9,11-12,17H2,1-4H3. The predicted molar refractivity (Wildman–Crippen MR) is 80.1 cm³/mol. The molecule has 0 aromatic carbocycles. The lowest BCUT2D eigenvalue weighted by Crippen LogP contribution is -2.39. The zero-order chi connectivity index (χ0) is 14.1.